The quantitative estimate of drug-likeness (QED) is 0.235. The summed E-state index contributed by atoms with van der Waals surface area (Å²) in [7, 11) is 1.67. The van der Waals surface area contributed by atoms with Crippen molar-refractivity contribution in [3.05, 3.63) is 65.7 Å². The first-order chi connectivity index (χ1) is 12.8. The highest BCUT2D eigenvalue weighted by molar-refractivity contribution is 14.0. The van der Waals surface area contributed by atoms with Crippen molar-refractivity contribution in [2.45, 2.75) is 19.9 Å². The standard InChI is InChI=1S/C21H29N3O2.HI/c1-3-22-21(23-13-12-18-8-5-4-6-9-18)24-17-19-10-7-11-20(16-19)26-15-14-25-2;/h4-11,16H,3,12-15,17H2,1-2H3,(H2,22,23,24);1H. The van der Waals surface area contributed by atoms with Crippen molar-refractivity contribution in [3.63, 3.8) is 0 Å². The van der Waals surface area contributed by atoms with E-state index < -0.39 is 0 Å². The predicted molar refractivity (Wildman–Crippen MR) is 122 cm³/mol. The van der Waals surface area contributed by atoms with Gasteiger partial charge < -0.3 is 20.1 Å². The molecular weight excluding hydrogens is 453 g/mol. The predicted octanol–water partition coefficient (Wildman–Crippen LogP) is 3.63. The number of ether oxygens (including phenoxy) is 2. The van der Waals surface area contributed by atoms with Crippen molar-refractivity contribution in [2.75, 3.05) is 33.4 Å². The summed E-state index contributed by atoms with van der Waals surface area (Å²) >= 11 is 0. The molecule has 0 amide bonds. The Morgan fingerprint density at radius 3 is 2.48 bits per heavy atom. The first kappa shape index (κ1) is 23.2. The van der Waals surface area contributed by atoms with Crippen molar-refractivity contribution in [2.24, 2.45) is 4.99 Å². The molecule has 2 aromatic carbocycles. The van der Waals surface area contributed by atoms with Crippen molar-refractivity contribution >= 4 is 29.9 Å². The number of nitrogens with zero attached hydrogens (tertiary/aromatic N) is 1. The average Bonchev–Trinajstić information content (AvgIpc) is 2.67. The van der Waals surface area contributed by atoms with E-state index in [1.54, 1.807) is 7.11 Å². The fourth-order valence-electron chi connectivity index (χ4n) is 2.46. The van der Waals surface area contributed by atoms with E-state index in [1.807, 2.05) is 24.3 Å². The third-order valence-corrected chi connectivity index (χ3v) is 3.77. The zero-order valence-electron chi connectivity index (χ0n) is 16.1. The summed E-state index contributed by atoms with van der Waals surface area (Å²) in [5.74, 6) is 1.67. The van der Waals surface area contributed by atoms with Crippen LogP contribution in [0.1, 0.15) is 18.1 Å². The monoisotopic (exact) mass is 483 g/mol. The lowest BCUT2D eigenvalue weighted by molar-refractivity contribution is 0.146. The zero-order valence-corrected chi connectivity index (χ0v) is 18.4. The molecule has 2 N–H and O–H groups in total. The summed E-state index contributed by atoms with van der Waals surface area (Å²) in [6, 6.07) is 18.5. The summed E-state index contributed by atoms with van der Waals surface area (Å²) in [4.78, 5) is 4.67. The topological polar surface area (TPSA) is 54.9 Å². The first-order valence-corrected chi connectivity index (χ1v) is 9.08. The molecule has 6 heteroatoms. The Morgan fingerprint density at radius 2 is 1.74 bits per heavy atom. The van der Waals surface area contributed by atoms with Crippen LogP contribution >= 0.6 is 24.0 Å². The number of benzene rings is 2. The fourth-order valence-corrected chi connectivity index (χ4v) is 2.46. The Balaban J connectivity index is 0.00000364. The Morgan fingerprint density at radius 1 is 0.963 bits per heavy atom. The van der Waals surface area contributed by atoms with E-state index in [-0.39, 0.29) is 24.0 Å². The van der Waals surface area contributed by atoms with E-state index in [4.69, 9.17) is 9.47 Å². The molecule has 0 aliphatic rings. The van der Waals surface area contributed by atoms with Gasteiger partial charge in [0.15, 0.2) is 5.96 Å². The molecule has 0 heterocycles. The number of rotatable bonds is 10. The van der Waals surface area contributed by atoms with Gasteiger partial charge in [0.1, 0.15) is 12.4 Å². The van der Waals surface area contributed by atoms with Gasteiger partial charge in [-0.3, -0.25) is 0 Å². The summed E-state index contributed by atoms with van der Waals surface area (Å²) in [5, 5.41) is 6.67. The van der Waals surface area contributed by atoms with Crippen LogP contribution in [0, 0.1) is 0 Å². The SMILES string of the molecule is CCNC(=NCc1cccc(OCCOC)c1)NCCc1ccccc1.I. The van der Waals surface area contributed by atoms with Crippen LogP contribution in [-0.4, -0.2) is 39.4 Å². The average molecular weight is 483 g/mol. The molecular formula is C21H30IN3O2. The molecule has 0 unspecified atom stereocenters. The largest absolute Gasteiger partial charge is 0.491 e. The highest BCUT2D eigenvalue weighted by Gasteiger charge is 2.00. The van der Waals surface area contributed by atoms with Crippen molar-refractivity contribution in [3.8, 4) is 5.75 Å². The molecule has 0 radical (unpaired) electrons. The third-order valence-electron chi connectivity index (χ3n) is 3.77. The van der Waals surface area contributed by atoms with Gasteiger partial charge in [-0.25, -0.2) is 4.99 Å². The van der Waals surface area contributed by atoms with Gasteiger partial charge in [-0.15, -0.1) is 24.0 Å². The Labute approximate surface area is 179 Å². The van der Waals surface area contributed by atoms with Crippen LogP contribution in [0.3, 0.4) is 0 Å². The van der Waals surface area contributed by atoms with Crippen LogP contribution in [0.2, 0.25) is 0 Å². The van der Waals surface area contributed by atoms with Gasteiger partial charge >= 0.3 is 0 Å². The molecule has 0 bridgehead atoms. The van der Waals surface area contributed by atoms with Gasteiger partial charge in [-0.1, -0.05) is 42.5 Å². The number of nitrogens with one attached hydrogen (secondary N) is 2. The lowest BCUT2D eigenvalue weighted by Crippen LogP contribution is -2.38. The van der Waals surface area contributed by atoms with Crippen LogP contribution in [0.4, 0.5) is 0 Å². The summed E-state index contributed by atoms with van der Waals surface area (Å²) in [6.45, 7) is 5.47. The molecule has 148 valence electrons. The molecule has 2 rings (SSSR count). The van der Waals surface area contributed by atoms with Gasteiger partial charge in [-0.2, -0.15) is 0 Å². The Kier molecular flexibility index (Phi) is 12.3. The number of halogens is 1. The maximum Gasteiger partial charge on any atom is 0.191 e. The lowest BCUT2D eigenvalue weighted by atomic mass is 10.1. The zero-order chi connectivity index (χ0) is 18.5. The maximum atomic E-state index is 5.65. The van der Waals surface area contributed by atoms with E-state index in [0.29, 0.717) is 19.8 Å². The second-order valence-electron chi connectivity index (χ2n) is 5.85. The molecule has 0 aliphatic heterocycles. The van der Waals surface area contributed by atoms with E-state index in [9.17, 15) is 0 Å². The Hall–Kier alpha value is -1.80. The van der Waals surface area contributed by atoms with Crippen LogP contribution in [0.5, 0.6) is 5.75 Å². The number of methoxy groups -OCH3 is 1. The minimum atomic E-state index is 0. The summed E-state index contributed by atoms with van der Waals surface area (Å²) < 4.78 is 10.7. The van der Waals surface area contributed by atoms with Crippen molar-refractivity contribution in [1.29, 1.82) is 0 Å². The third kappa shape index (κ3) is 9.63. The van der Waals surface area contributed by atoms with Gasteiger partial charge in [0, 0.05) is 20.2 Å². The first-order valence-electron chi connectivity index (χ1n) is 9.08. The molecule has 0 aromatic heterocycles. The van der Waals surface area contributed by atoms with Crippen molar-refractivity contribution in [1.82, 2.24) is 10.6 Å². The van der Waals surface area contributed by atoms with Gasteiger partial charge in [0.2, 0.25) is 0 Å². The fraction of sp³-hybridized carbons (Fsp3) is 0.381. The second-order valence-corrected chi connectivity index (χ2v) is 5.85. The smallest absolute Gasteiger partial charge is 0.191 e. The number of aliphatic imine (C=N–C) groups is 1. The van der Waals surface area contributed by atoms with E-state index in [2.05, 4.69) is 52.9 Å². The summed E-state index contributed by atoms with van der Waals surface area (Å²) in [6.07, 6.45) is 0.966. The van der Waals surface area contributed by atoms with E-state index >= 15 is 0 Å². The van der Waals surface area contributed by atoms with Crippen LogP contribution in [-0.2, 0) is 17.7 Å². The molecule has 27 heavy (non-hydrogen) atoms. The highest BCUT2D eigenvalue weighted by Crippen LogP contribution is 2.14. The molecule has 0 fully saturated rings. The van der Waals surface area contributed by atoms with Crippen LogP contribution in [0.15, 0.2) is 59.6 Å². The van der Waals surface area contributed by atoms with Gasteiger partial charge in [0.05, 0.1) is 13.2 Å². The Bertz CT molecular complexity index is 665. The molecule has 0 spiro atoms. The van der Waals surface area contributed by atoms with Crippen molar-refractivity contribution < 1.29 is 9.47 Å². The molecule has 0 aliphatic carbocycles. The molecule has 0 saturated heterocycles. The number of hydrogen-bond acceptors (Lipinski definition) is 3. The lowest BCUT2D eigenvalue weighted by Gasteiger charge is -2.12. The minimum absolute atomic E-state index is 0. The number of guanidine groups is 1. The van der Waals surface area contributed by atoms with Gasteiger partial charge in [-0.05, 0) is 36.6 Å². The van der Waals surface area contributed by atoms with Crippen LogP contribution < -0.4 is 15.4 Å². The molecule has 0 atom stereocenters. The highest BCUT2D eigenvalue weighted by atomic mass is 127. The van der Waals surface area contributed by atoms with Crippen LogP contribution in [0.25, 0.3) is 0 Å². The van der Waals surface area contributed by atoms with Gasteiger partial charge in [0.25, 0.3) is 0 Å². The second kappa shape index (κ2) is 14.3. The normalized spacial score (nSPS) is 10.8. The maximum absolute atomic E-state index is 5.65. The number of hydrogen-bond donors (Lipinski definition) is 2. The molecule has 2 aromatic rings. The molecule has 0 saturated carbocycles. The molecule has 5 nitrogen and oxygen atoms in total. The van der Waals surface area contributed by atoms with E-state index in [0.717, 1.165) is 36.8 Å². The summed E-state index contributed by atoms with van der Waals surface area (Å²) in [5.41, 5.74) is 2.43. The van der Waals surface area contributed by atoms with E-state index in [1.165, 1.54) is 5.56 Å². The minimum Gasteiger partial charge on any atom is -0.491 e.